The third-order valence-electron chi connectivity index (χ3n) is 2.37. The number of aromatic amines is 1. The molecule has 0 radical (unpaired) electrons. The number of nitrogens with one attached hydrogen (secondary N) is 2. The molecular formula is C11H9N3O2. The molecule has 3 rings (SSSR count). The van der Waals surface area contributed by atoms with Crippen molar-refractivity contribution < 1.29 is 4.74 Å². The lowest BCUT2D eigenvalue weighted by atomic mass is 10.2. The van der Waals surface area contributed by atoms with E-state index in [0.29, 0.717) is 18.0 Å². The first-order valence-electron chi connectivity index (χ1n) is 4.94. The Kier molecular flexibility index (Phi) is 1.89. The predicted octanol–water partition coefficient (Wildman–Crippen LogP) is 1.30. The SMILES string of the molecule is O=c1nc2c(c[nH]1)OC1=C(C=CC=CC1)N2. The molecule has 5 heteroatoms. The number of fused-ring (bicyclic) bond motifs is 1. The van der Waals surface area contributed by atoms with Gasteiger partial charge in [0.2, 0.25) is 0 Å². The lowest BCUT2D eigenvalue weighted by molar-refractivity contribution is 0.402. The lowest BCUT2D eigenvalue weighted by Crippen LogP contribution is -2.19. The highest BCUT2D eigenvalue weighted by atomic mass is 16.5. The van der Waals surface area contributed by atoms with Gasteiger partial charge in [0.1, 0.15) is 5.76 Å². The van der Waals surface area contributed by atoms with Crippen LogP contribution in [0.1, 0.15) is 6.42 Å². The van der Waals surface area contributed by atoms with E-state index in [9.17, 15) is 4.79 Å². The Morgan fingerprint density at radius 1 is 1.38 bits per heavy atom. The second-order valence-electron chi connectivity index (χ2n) is 3.47. The molecule has 2 heterocycles. The van der Waals surface area contributed by atoms with Crippen molar-refractivity contribution in [3.63, 3.8) is 0 Å². The lowest BCUT2D eigenvalue weighted by Gasteiger charge is -2.20. The van der Waals surface area contributed by atoms with Crippen LogP contribution in [-0.4, -0.2) is 9.97 Å². The number of ether oxygens (including phenoxy) is 1. The first-order chi connectivity index (χ1) is 7.83. The number of allylic oxidation sites excluding steroid dienone is 4. The van der Waals surface area contributed by atoms with E-state index in [2.05, 4.69) is 15.3 Å². The number of rotatable bonds is 0. The first-order valence-corrected chi connectivity index (χ1v) is 4.94. The maximum atomic E-state index is 11.1. The minimum atomic E-state index is -0.394. The van der Waals surface area contributed by atoms with Crippen LogP contribution in [0.2, 0.25) is 0 Å². The summed E-state index contributed by atoms with van der Waals surface area (Å²) in [6, 6.07) is 0. The van der Waals surface area contributed by atoms with Crippen LogP contribution in [0.4, 0.5) is 5.82 Å². The number of hydrogen-bond acceptors (Lipinski definition) is 4. The van der Waals surface area contributed by atoms with Crippen molar-refractivity contribution in [2.45, 2.75) is 6.42 Å². The summed E-state index contributed by atoms with van der Waals surface area (Å²) in [5, 5.41) is 3.08. The van der Waals surface area contributed by atoms with Gasteiger partial charge in [-0.15, -0.1) is 0 Å². The third kappa shape index (κ3) is 1.42. The van der Waals surface area contributed by atoms with Gasteiger partial charge in [0.15, 0.2) is 11.6 Å². The van der Waals surface area contributed by atoms with Crippen molar-refractivity contribution in [2.75, 3.05) is 5.32 Å². The van der Waals surface area contributed by atoms with Crippen LogP contribution in [0.3, 0.4) is 0 Å². The fraction of sp³-hybridized carbons (Fsp3) is 0.0909. The molecule has 0 atom stereocenters. The van der Waals surface area contributed by atoms with Crippen molar-refractivity contribution in [3.05, 3.63) is 52.4 Å². The average Bonchev–Trinajstić information content (AvgIpc) is 2.50. The molecule has 0 bridgehead atoms. The van der Waals surface area contributed by atoms with Crippen LogP contribution in [0.5, 0.6) is 5.75 Å². The van der Waals surface area contributed by atoms with Crippen LogP contribution in [0.15, 0.2) is 46.8 Å². The van der Waals surface area contributed by atoms with Crippen LogP contribution in [0, 0.1) is 0 Å². The van der Waals surface area contributed by atoms with Gasteiger partial charge in [0, 0.05) is 6.42 Å². The zero-order valence-electron chi connectivity index (χ0n) is 8.36. The maximum Gasteiger partial charge on any atom is 0.347 e. The van der Waals surface area contributed by atoms with E-state index < -0.39 is 5.69 Å². The van der Waals surface area contributed by atoms with Crippen LogP contribution >= 0.6 is 0 Å². The second kappa shape index (κ2) is 3.37. The van der Waals surface area contributed by atoms with Gasteiger partial charge in [-0.05, 0) is 6.08 Å². The zero-order valence-corrected chi connectivity index (χ0v) is 8.36. The van der Waals surface area contributed by atoms with Gasteiger partial charge in [-0.2, -0.15) is 4.98 Å². The minimum absolute atomic E-state index is 0.394. The van der Waals surface area contributed by atoms with E-state index in [1.54, 1.807) is 0 Å². The summed E-state index contributed by atoms with van der Waals surface area (Å²) < 4.78 is 5.65. The Balaban J connectivity index is 2.05. The van der Waals surface area contributed by atoms with Gasteiger partial charge in [-0.25, -0.2) is 4.79 Å². The van der Waals surface area contributed by atoms with Crippen molar-refractivity contribution >= 4 is 5.82 Å². The molecule has 1 aliphatic carbocycles. The Labute approximate surface area is 91.2 Å². The smallest absolute Gasteiger partial charge is 0.347 e. The van der Waals surface area contributed by atoms with Crippen molar-refractivity contribution in [3.8, 4) is 5.75 Å². The highest BCUT2D eigenvalue weighted by Gasteiger charge is 2.19. The number of nitrogens with zero attached hydrogens (tertiary/aromatic N) is 1. The maximum absolute atomic E-state index is 11.1. The standard InChI is InChI=1S/C11H9N3O2/c15-11-12-6-9-10(14-11)13-7-4-2-1-3-5-8(7)16-9/h1-4,6H,5H2,(H2,12,13,14,15). The molecule has 1 aliphatic heterocycles. The Hall–Kier alpha value is -2.30. The molecular weight excluding hydrogens is 206 g/mol. The van der Waals surface area contributed by atoms with E-state index >= 15 is 0 Å². The summed E-state index contributed by atoms with van der Waals surface area (Å²) in [5.74, 6) is 1.82. The third-order valence-corrected chi connectivity index (χ3v) is 2.37. The summed E-state index contributed by atoms with van der Waals surface area (Å²) in [6.45, 7) is 0. The number of anilines is 1. The molecule has 80 valence electrons. The second-order valence-corrected chi connectivity index (χ2v) is 3.47. The minimum Gasteiger partial charge on any atom is -0.454 e. The largest absolute Gasteiger partial charge is 0.454 e. The van der Waals surface area contributed by atoms with Gasteiger partial charge in [-0.3, -0.25) is 0 Å². The Morgan fingerprint density at radius 3 is 3.25 bits per heavy atom. The number of aromatic nitrogens is 2. The Morgan fingerprint density at radius 2 is 2.31 bits per heavy atom. The molecule has 5 nitrogen and oxygen atoms in total. The van der Waals surface area contributed by atoms with E-state index in [-0.39, 0.29) is 0 Å². The highest BCUT2D eigenvalue weighted by molar-refractivity contribution is 5.59. The monoisotopic (exact) mass is 215 g/mol. The van der Waals surface area contributed by atoms with Crippen LogP contribution in [0.25, 0.3) is 0 Å². The molecule has 0 amide bonds. The van der Waals surface area contributed by atoms with E-state index in [1.807, 2.05) is 24.3 Å². The number of hydrogen-bond donors (Lipinski definition) is 2. The molecule has 2 aliphatic rings. The summed E-state index contributed by atoms with van der Waals surface area (Å²) in [6.07, 6.45) is 9.99. The van der Waals surface area contributed by atoms with Crippen LogP contribution < -0.4 is 15.7 Å². The molecule has 2 N–H and O–H groups in total. The molecule has 16 heavy (non-hydrogen) atoms. The van der Waals surface area contributed by atoms with Gasteiger partial charge in [0.05, 0.1) is 11.9 Å². The molecule has 1 aromatic heterocycles. The normalized spacial score (nSPS) is 17.0. The average molecular weight is 215 g/mol. The fourth-order valence-corrected chi connectivity index (χ4v) is 1.63. The first kappa shape index (κ1) is 8.96. The molecule has 0 spiro atoms. The molecule has 0 fully saturated rings. The van der Waals surface area contributed by atoms with Gasteiger partial charge < -0.3 is 15.0 Å². The summed E-state index contributed by atoms with van der Waals surface area (Å²) in [7, 11) is 0. The zero-order chi connectivity index (χ0) is 11.0. The van der Waals surface area contributed by atoms with E-state index in [1.165, 1.54) is 6.20 Å². The number of H-pyrrole nitrogens is 1. The molecule has 1 aromatic rings. The molecule has 0 unspecified atom stereocenters. The Bertz CT molecular complexity index is 581. The summed E-state index contributed by atoms with van der Waals surface area (Å²) >= 11 is 0. The van der Waals surface area contributed by atoms with Gasteiger partial charge in [0.25, 0.3) is 0 Å². The summed E-state index contributed by atoms with van der Waals surface area (Å²) in [5.41, 5.74) is 0.449. The predicted molar refractivity (Wildman–Crippen MR) is 59.0 cm³/mol. The fourth-order valence-electron chi connectivity index (χ4n) is 1.63. The molecule has 0 saturated heterocycles. The topological polar surface area (TPSA) is 67.0 Å². The van der Waals surface area contributed by atoms with E-state index in [4.69, 9.17) is 4.74 Å². The van der Waals surface area contributed by atoms with Crippen molar-refractivity contribution in [1.82, 2.24) is 9.97 Å². The highest BCUT2D eigenvalue weighted by Crippen LogP contribution is 2.31. The van der Waals surface area contributed by atoms with Crippen LogP contribution in [-0.2, 0) is 0 Å². The van der Waals surface area contributed by atoms with Gasteiger partial charge >= 0.3 is 5.69 Å². The van der Waals surface area contributed by atoms with Crippen molar-refractivity contribution in [1.29, 1.82) is 0 Å². The van der Waals surface area contributed by atoms with Crippen molar-refractivity contribution in [2.24, 2.45) is 0 Å². The van der Waals surface area contributed by atoms with Gasteiger partial charge in [-0.1, -0.05) is 18.2 Å². The quantitative estimate of drug-likeness (QED) is 0.684. The molecule has 0 aromatic carbocycles. The summed E-state index contributed by atoms with van der Waals surface area (Å²) in [4.78, 5) is 17.3. The molecule has 0 saturated carbocycles. The van der Waals surface area contributed by atoms with E-state index in [0.717, 1.165) is 11.5 Å².